The van der Waals surface area contributed by atoms with Crippen LogP contribution in [0.25, 0.3) is 0 Å². The van der Waals surface area contributed by atoms with Crippen molar-refractivity contribution < 1.29 is 65.2 Å². The predicted molar refractivity (Wildman–Crippen MR) is 122 cm³/mol. The summed E-state index contributed by atoms with van der Waals surface area (Å²) in [7, 11) is -9.26. The molecule has 0 atom stereocenters. The van der Waals surface area contributed by atoms with E-state index in [-0.39, 0.29) is 58.8 Å². The summed E-state index contributed by atoms with van der Waals surface area (Å²) in [6.45, 7) is 1.22. The molecule has 0 heterocycles. The van der Waals surface area contributed by atoms with Gasteiger partial charge in [-0.1, -0.05) is 0 Å². The number of rotatable bonds is 10. The Morgan fingerprint density at radius 2 is 1.80 bits per heavy atom. The van der Waals surface area contributed by atoms with Crippen LogP contribution in [0, 0.1) is 10.1 Å². The summed E-state index contributed by atoms with van der Waals surface area (Å²) in [5.41, 5.74) is 5.19. The predicted octanol–water partition coefficient (Wildman–Crippen LogP) is -0.171. The van der Waals surface area contributed by atoms with E-state index in [4.69, 9.17) is 10.3 Å². The van der Waals surface area contributed by atoms with Crippen molar-refractivity contribution in [2.75, 3.05) is 22.6 Å². The second-order valence-electron chi connectivity index (χ2n) is 6.64. The maximum Gasteiger partial charge on any atom is 1.00 e. The Bertz CT molecular complexity index is 1370. The topological polar surface area (TPSA) is 235 Å². The van der Waals surface area contributed by atoms with E-state index < -0.39 is 53.1 Å². The first-order valence-electron chi connectivity index (χ1n) is 9.12. The molecule has 0 unspecified atom stereocenters. The normalized spacial score (nSPS) is 11.7. The molecule has 0 saturated carbocycles. The van der Waals surface area contributed by atoms with Crippen LogP contribution in [0.1, 0.15) is 13.3 Å². The van der Waals surface area contributed by atoms with Gasteiger partial charge in [0.2, 0.25) is 5.91 Å². The van der Waals surface area contributed by atoms with Crippen molar-refractivity contribution in [1.82, 2.24) is 0 Å². The number of hydrogen-bond acceptors (Lipinski definition) is 12. The summed E-state index contributed by atoms with van der Waals surface area (Å²) < 4.78 is 65.1. The first-order valence-corrected chi connectivity index (χ1v) is 13.1. The van der Waals surface area contributed by atoms with Crippen LogP contribution in [0.2, 0.25) is 0 Å². The van der Waals surface area contributed by atoms with Crippen molar-refractivity contribution in [2.24, 2.45) is 10.2 Å². The molecule has 2 rings (SSSR count). The standard InChI is InChI=1S/C17H19N5O9S3.Na/c1-10(23)19-14-8-12(18)16(32-5-2-6-33(26,27)28)9-15(14)21-20-13-4-3-11(22(24)25)7-17(13)34(29,30)31;/h3-4,7-9H,2,5-6,18H2,1H3,(H,19,23)(H,26,27,28)(H,29,30,31);/q;+1/p-1. The average Bonchev–Trinajstić information content (AvgIpc) is 2.69. The second kappa shape index (κ2) is 12.7. The fourth-order valence-electron chi connectivity index (χ4n) is 2.51. The Balaban J connectivity index is 0.00000612. The Kier molecular flexibility index (Phi) is 11.2. The van der Waals surface area contributed by atoms with Crippen molar-refractivity contribution in [3.05, 3.63) is 40.4 Å². The summed E-state index contributed by atoms with van der Waals surface area (Å²) in [5, 5.41) is 21.0. The van der Waals surface area contributed by atoms with Crippen LogP contribution >= 0.6 is 11.8 Å². The molecule has 0 bridgehead atoms. The number of anilines is 2. The largest absolute Gasteiger partial charge is 1.00 e. The molecule has 0 aromatic heterocycles. The van der Waals surface area contributed by atoms with Gasteiger partial charge < -0.3 is 15.6 Å². The van der Waals surface area contributed by atoms with E-state index in [0.29, 0.717) is 11.0 Å². The van der Waals surface area contributed by atoms with Crippen molar-refractivity contribution in [2.45, 2.75) is 23.1 Å². The van der Waals surface area contributed by atoms with Crippen LogP contribution in [0.5, 0.6) is 0 Å². The van der Waals surface area contributed by atoms with E-state index in [1.165, 1.54) is 19.1 Å². The van der Waals surface area contributed by atoms with E-state index in [1.54, 1.807) is 0 Å². The molecule has 14 nitrogen and oxygen atoms in total. The molecule has 184 valence electrons. The van der Waals surface area contributed by atoms with Gasteiger partial charge in [-0.2, -0.15) is 8.42 Å². The minimum atomic E-state index is -5.14. The SMILES string of the molecule is CC(=O)Nc1cc(N)c(SCCCS(=O)(=O)O)cc1N=Nc1ccc([N+](=O)[O-])cc1S(=O)(=O)[O-].[Na+]. The van der Waals surface area contributed by atoms with E-state index in [1.807, 2.05) is 0 Å². The molecule has 0 aliphatic rings. The van der Waals surface area contributed by atoms with Gasteiger partial charge in [-0.3, -0.25) is 19.5 Å². The van der Waals surface area contributed by atoms with Crippen molar-refractivity contribution in [1.29, 1.82) is 0 Å². The number of hydrogen-bond donors (Lipinski definition) is 3. The van der Waals surface area contributed by atoms with Crippen LogP contribution in [0.4, 0.5) is 28.4 Å². The van der Waals surface area contributed by atoms with Gasteiger partial charge in [0.25, 0.3) is 15.8 Å². The molecule has 1 amide bonds. The number of nitro benzene ring substituents is 1. The number of nitro groups is 1. The molecule has 18 heteroatoms. The van der Waals surface area contributed by atoms with E-state index in [0.717, 1.165) is 23.9 Å². The summed E-state index contributed by atoms with van der Waals surface area (Å²) >= 11 is 1.13. The number of nitrogens with zero attached hydrogens (tertiary/aromatic N) is 3. The Labute approximate surface area is 226 Å². The number of thioether (sulfide) groups is 1. The molecule has 0 radical (unpaired) electrons. The second-order valence-corrected chi connectivity index (χ2v) is 10.7. The maximum absolute atomic E-state index is 11.6. The van der Waals surface area contributed by atoms with E-state index >= 15 is 0 Å². The zero-order valence-corrected chi connectivity index (χ0v) is 22.8. The Hall–Kier alpha value is -2.12. The molecule has 0 aliphatic carbocycles. The number of nitrogens with one attached hydrogen (secondary N) is 1. The van der Waals surface area contributed by atoms with Gasteiger partial charge in [0, 0.05) is 29.6 Å². The molecule has 0 spiro atoms. The van der Waals surface area contributed by atoms with Crippen LogP contribution in [0.3, 0.4) is 0 Å². The molecule has 4 N–H and O–H groups in total. The van der Waals surface area contributed by atoms with Crippen LogP contribution in [-0.2, 0) is 25.0 Å². The number of carbonyl (C=O) groups excluding carboxylic acids is 1. The first kappa shape index (κ1) is 30.9. The van der Waals surface area contributed by atoms with Gasteiger partial charge in [0.05, 0.1) is 21.3 Å². The fourth-order valence-corrected chi connectivity index (χ4v) is 4.76. The Morgan fingerprint density at radius 1 is 1.17 bits per heavy atom. The third kappa shape index (κ3) is 9.80. The quantitative estimate of drug-likeness (QED) is 0.0508. The molecule has 0 saturated heterocycles. The first-order chi connectivity index (χ1) is 15.7. The van der Waals surface area contributed by atoms with Crippen molar-refractivity contribution >= 4 is 66.3 Å². The Morgan fingerprint density at radius 3 is 2.34 bits per heavy atom. The molecule has 0 aliphatic heterocycles. The number of non-ortho nitro benzene ring substituents is 1. The van der Waals surface area contributed by atoms with Gasteiger partial charge in [-0.25, -0.2) is 8.42 Å². The van der Waals surface area contributed by atoms with Crippen molar-refractivity contribution in [3.8, 4) is 0 Å². The average molecular weight is 556 g/mol. The number of benzene rings is 2. The molecule has 35 heavy (non-hydrogen) atoms. The zero-order valence-electron chi connectivity index (χ0n) is 18.4. The molecular weight excluding hydrogens is 537 g/mol. The summed E-state index contributed by atoms with van der Waals surface area (Å²) in [6, 6.07) is 5.18. The molecular formula is C17H18N5NaO9S3. The number of amides is 1. The zero-order chi connectivity index (χ0) is 25.7. The monoisotopic (exact) mass is 555 g/mol. The summed E-state index contributed by atoms with van der Waals surface area (Å²) in [6.07, 6.45) is 0.112. The van der Waals surface area contributed by atoms with Crippen LogP contribution in [0.15, 0.2) is 50.4 Å². The van der Waals surface area contributed by atoms with Gasteiger partial charge in [0.1, 0.15) is 21.5 Å². The molecule has 2 aromatic carbocycles. The molecule has 0 fully saturated rings. The molecule has 2 aromatic rings. The van der Waals surface area contributed by atoms with Gasteiger partial charge in [-0.05, 0) is 30.4 Å². The van der Waals surface area contributed by atoms with Crippen LogP contribution < -0.4 is 40.6 Å². The number of nitrogen functional groups attached to an aromatic ring is 1. The number of carbonyl (C=O) groups is 1. The van der Waals surface area contributed by atoms with Crippen LogP contribution in [-0.4, -0.2) is 48.3 Å². The van der Waals surface area contributed by atoms with E-state index in [9.17, 15) is 36.3 Å². The smallest absolute Gasteiger partial charge is 0.744 e. The number of nitrogens with two attached hydrogens (primary N) is 1. The minimum absolute atomic E-state index is 0. The van der Waals surface area contributed by atoms with Crippen molar-refractivity contribution in [3.63, 3.8) is 0 Å². The fraction of sp³-hybridized carbons (Fsp3) is 0.235. The van der Waals surface area contributed by atoms with Gasteiger partial charge >= 0.3 is 29.6 Å². The minimum Gasteiger partial charge on any atom is -0.744 e. The third-order valence-corrected chi connectivity index (χ3v) is 6.76. The number of azo groups is 1. The van der Waals surface area contributed by atoms with Gasteiger partial charge in [0.15, 0.2) is 0 Å². The maximum atomic E-state index is 11.6. The third-order valence-electron chi connectivity index (χ3n) is 3.93. The van der Waals surface area contributed by atoms with E-state index in [2.05, 4.69) is 15.5 Å². The summed E-state index contributed by atoms with van der Waals surface area (Å²) in [5.74, 6) is -0.688. The van der Waals surface area contributed by atoms with Gasteiger partial charge in [-0.15, -0.1) is 22.0 Å². The summed E-state index contributed by atoms with van der Waals surface area (Å²) in [4.78, 5) is 21.0.